The van der Waals surface area contributed by atoms with E-state index in [9.17, 15) is 9.59 Å². The van der Waals surface area contributed by atoms with Gasteiger partial charge in [0.2, 0.25) is 11.9 Å². The number of nitrogens with zero attached hydrogens (tertiary/aromatic N) is 5. The first-order chi connectivity index (χ1) is 21.0. The number of benzene rings is 3. The number of piperazine rings is 1. The number of methoxy groups -OCH3 is 1. The van der Waals surface area contributed by atoms with E-state index in [0.29, 0.717) is 39.5 Å². The molecule has 3 aromatic carbocycles. The van der Waals surface area contributed by atoms with E-state index in [0.717, 1.165) is 31.9 Å². The molecule has 0 bridgehead atoms. The van der Waals surface area contributed by atoms with Gasteiger partial charge in [0.1, 0.15) is 17.0 Å². The van der Waals surface area contributed by atoms with Crippen LogP contribution in [0.15, 0.2) is 96.4 Å². The Morgan fingerprint density at radius 1 is 1.00 bits per heavy atom. The van der Waals surface area contributed by atoms with Crippen molar-refractivity contribution in [2.45, 2.75) is 0 Å². The molecular weight excluding hydrogens is 544 g/mol. The zero-order chi connectivity index (χ0) is 29.8. The SMILES string of the molecule is C=CC(=O)Nc1cccc(-n2c(=O)c(-c3ccccc3)nc3cnc(Nc4ccc(N5CCNCC5)cc4OC)nc32)c1. The predicted molar refractivity (Wildman–Crippen MR) is 169 cm³/mol. The zero-order valence-corrected chi connectivity index (χ0v) is 23.6. The molecule has 11 heteroatoms. The minimum absolute atomic E-state index is 0.253. The topological polar surface area (TPSA) is 126 Å². The number of carbonyl (C=O) groups excluding carboxylic acids is 1. The Kier molecular flexibility index (Phi) is 7.79. The third-order valence-corrected chi connectivity index (χ3v) is 7.12. The Morgan fingerprint density at radius 3 is 2.58 bits per heavy atom. The van der Waals surface area contributed by atoms with Crippen molar-refractivity contribution in [1.82, 2.24) is 24.8 Å². The molecule has 43 heavy (non-hydrogen) atoms. The number of rotatable bonds is 8. The van der Waals surface area contributed by atoms with Gasteiger partial charge in [-0.3, -0.25) is 14.2 Å². The van der Waals surface area contributed by atoms with Gasteiger partial charge in [-0.2, -0.15) is 4.98 Å². The molecule has 3 heterocycles. The number of aromatic nitrogens is 4. The summed E-state index contributed by atoms with van der Waals surface area (Å²) >= 11 is 0. The molecule has 0 spiro atoms. The predicted octanol–water partition coefficient (Wildman–Crippen LogP) is 4.13. The van der Waals surface area contributed by atoms with Crippen LogP contribution in [0.2, 0.25) is 0 Å². The molecule has 0 atom stereocenters. The van der Waals surface area contributed by atoms with Crippen LogP contribution in [-0.4, -0.2) is 58.7 Å². The average molecular weight is 575 g/mol. The maximum Gasteiger partial charge on any atom is 0.283 e. The van der Waals surface area contributed by atoms with E-state index in [1.54, 1.807) is 37.6 Å². The molecule has 5 aromatic rings. The number of hydrogen-bond donors (Lipinski definition) is 3. The lowest BCUT2D eigenvalue weighted by Gasteiger charge is -2.30. The van der Waals surface area contributed by atoms with Crippen LogP contribution in [0.1, 0.15) is 0 Å². The van der Waals surface area contributed by atoms with Crippen molar-refractivity contribution in [3.8, 4) is 22.7 Å². The van der Waals surface area contributed by atoms with Crippen LogP contribution in [0.3, 0.4) is 0 Å². The van der Waals surface area contributed by atoms with Gasteiger partial charge in [0.05, 0.1) is 24.7 Å². The van der Waals surface area contributed by atoms with Crippen molar-refractivity contribution < 1.29 is 9.53 Å². The Bertz CT molecular complexity index is 1870. The van der Waals surface area contributed by atoms with Crippen LogP contribution >= 0.6 is 0 Å². The highest BCUT2D eigenvalue weighted by molar-refractivity contribution is 5.99. The molecule has 3 N–H and O–H groups in total. The van der Waals surface area contributed by atoms with Gasteiger partial charge < -0.3 is 25.6 Å². The average Bonchev–Trinajstić information content (AvgIpc) is 3.05. The molecule has 2 aromatic heterocycles. The van der Waals surface area contributed by atoms with E-state index >= 15 is 0 Å². The maximum absolute atomic E-state index is 14.0. The summed E-state index contributed by atoms with van der Waals surface area (Å²) in [7, 11) is 1.62. The Balaban J connectivity index is 1.45. The van der Waals surface area contributed by atoms with Gasteiger partial charge in [-0.05, 0) is 36.4 Å². The van der Waals surface area contributed by atoms with Crippen molar-refractivity contribution in [3.63, 3.8) is 0 Å². The number of carbonyl (C=O) groups is 1. The summed E-state index contributed by atoms with van der Waals surface area (Å²) in [5.41, 5.74) is 4.01. The molecule has 1 fully saturated rings. The molecule has 0 radical (unpaired) electrons. The Labute approximate surface area is 247 Å². The van der Waals surface area contributed by atoms with Crippen molar-refractivity contribution in [2.75, 3.05) is 48.8 Å². The van der Waals surface area contributed by atoms with Gasteiger partial charge in [0.25, 0.3) is 5.56 Å². The van der Waals surface area contributed by atoms with E-state index in [1.165, 1.54) is 10.6 Å². The van der Waals surface area contributed by atoms with Gasteiger partial charge in [0, 0.05) is 49.2 Å². The summed E-state index contributed by atoms with van der Waals surface area (Å²) in [6.07, 6.45) is 2.77. The Hall–Kier alpha value is -5.55. The van der Waals surface area contributed by atoms with Crippen LogP contribution < -0.4 is 31.1 Å². The maximum atomic E-state index is 14.0. The zero-order valence-electron chi connectivity index (χ0n) is 23.6. The van der Waals surface area contributed by atoms with Crippen LogP contribution in [0, 0.1) is 0 Å². The molecular formula is C32H30N8O3. The van der Waals surface area contributed by atoms with Crippen LogP contribution in [-0.2, 0) is 4.79 Å². The van der Waals surface area contributed by atoms with Gasteiger partial charge in [0.15, 0.2) is 5.65 Å². The monoisotopic (exact) mass is 574 g/mol. The number of nitrogens with one attached hydrogen (secondary N) is 3. The van der Waals surface area contributed by atoms with Crippen molar-refractivity contribution in [2.24, 2.45) is 0 Å². The lowest BCUT2D eigenvalue weighted by atomic mass is 10.1. The Morgan fingerprint density at radius 2 is 1.81 bits per heavy atom. The highest BCUT2D eigenvalue weighted by Gasteiger charge is 2.18. The third-order valence-electron chi connectivity index (χ3n) is 7.12. The third kappa shape index (κ3) is 5.79. The summed E-state index contributed by atoms with van der Waals surface area (Å²) in [4.78, 5) is 42.2. The van der Waals surface area contributed by atoms with E-state index < -0.39 is 0 Å². The normalized spacial score (nSPS) is 13.0. The molecule has 11 nitrogen and oxygen atoms in total. The summed E-state index contributed by atoms with van der Waals surface area (Å²) < 4.78 is 7.18. The fraction of sp³-hybridized carbons (Fsp3) is 0.156. The number of anilines is 4. The number of fused-ring (bicyclic) bond motifs is 1. The van der Waals surface area contributed by atoms with Gasteiger partial charge in [-0.15, -0.1) is 0 Å². The highest BCUT2D eigenvalue weighted by atomic mass is 16.5. The largest absolute Gasteiger partial charge is 0.494 e. The smallest absolute Gasteiger partial charge is 0.283 e. The molecule has 1 saturated heterocycles. The van der Waals surface area contributed by atoms with Gasteiger partial charge in [-0.25, -0.2) is 9.97 Å². The number of ether oxygens (including phenoxy) is 1. The van der Waals surface area contributed by atoms with E-state index in [-0.39, 0.29) is 23.1 Å². The second-order valence-electron chi connectivity index (χ2n) is 9.86. The second-order valence-corrected chi connectivity index (χ2v) is 9.86. The molecule has 0 saturated carbocycles. The number of amides is 1. The molecule has 216 valence electrons. The van der Waals surface area contributed by atoms with Crippen LogP contribution in [0.25, 0.3) is 28.1 Å². The fourth-order valence-corrected chi connectivity index (χ4v) is 5.00. The standard InChI is InChI=1S/C32H30N8O3/c1-3-28(41)35-22-10-7-11-24(18-22)40-30-26(36-29(31(40)42)21-8-5-4-6-9-21)20-34-32(38-30)37-25-13-12-23(19-27(25)43-2)39-16-14-33-15-17-39/h3-13,18-20,33H,1,14-17H2,2H3,(H,35,41)(H,34,37,38). The highest BCUT2D eigenvalue weighted by Crippen LogP contribution is 2.32. The lowest BCUT2D eigenvalue weighted by molar-refractivity contribution is -0.111. The summed E-state index contributed by atoms with van der Waals surface area (Å²) in [5.74, 6) is 0.541. The van der Waals surface area contributed by atoms with Gasteiger partial charge >= 0.3 is 0 Å². The lowest BCUT2D eigenvalue weighted by Crippen LogP contribution is -2.43. The molecule has 6 rings (SSSR count). The molecule has 1 aliphatic heterocycles. The van der Waals surface area contributed by atoms with E-state index in [4.69, 9.17) is 9.72 Å². The van der Waals surface area contributed by atoms with E-state index in [2.05, 4.69) is 37.4 Å². The first-order valence-electron chi connectivity index (χ1n) is 13.8. The van der Waals surface area contributed by atoms with Crippen LogP contribution in [0.4, 0.5) is 23.0 Å². The van der Waals surface area contributed by atoms with Gasteiger partial charge in [-0.1, -0.05) is 43.0 Å². The molecule has 0 aliphatic carbocycles. The van der Waals surface area contributed by atoms with Crippen LogP contribution in [0.5, 0.6) is 5.75 Å². The van der Waals surface area contributed by atoms with Crippen molar-refractivity contribution >= 4 is 40.1 Å². The summed E-state index contributed by atoms with van der Waals surface area (Å²) in [5, 5.41) is 9.36. The summed E-state index contributed by atoms with van der Waals surface area (Å²) in [6.45, 7) is 7.20. The minimum Gasteiger partial charge on any atom is -0.494 e. The summed E-state index contributed by atoms with van der Waals surface area (Å²) in [6, 6.07) is 22.1. The first-order valence-corrected chi connectivity index (χ1v) is 13.8. The minimum atomic E-state index is -0.367. The second kappa shape index (κ2) is 12.1. The van der Waals surface area contributed by atoms with Crippen molar-refractivity contribution in [1.29, 1.82) is 0 Å². The molecule has 1 amide bonds. The fourth-order valence-electron chi connectivity index (χ4n) is 5.00. The molecule has 1 aliphatic rings. The molecule has 0 unspecified atom stereocenters. The quantitative estimate of drug-likeness (QED) is 0.235. The van der Waals surface area contributed by atoms with E-state index in [1.807, 2.05) is 48.5 Å². The number of hydrogen-bond acceptors (Lipinski definition) is 9. The first kappa shape index (κ1) is 27.6. The van der Waals surface area contributed by atoms with Crippen molar-refractivity contribution in [3.05, 3.63) is 102 Å².